The smallest absolute Gasteiger partial charge is 0.272 e. The Bertz CT molecular complexity index is 626. The number of nitrogens with zero attached hydrogens (tertiary/aromatic N) is 1. The van der Waals surface area contributed by atoms with Crippen molar-refractivity contribution in [3.8, 4) is 0 Å². The van der Waals surface area contributed by atoms with Crippen molar-refractivity contribution >= 4 is 23.2 Å². The van der Waals surface area contributed by atoms with Gasteiger partial charge in [0.15, 0.2) is 5.69 Å². The van der Waals surface area contributed by atoms with E-state index in [1.807, 2.05) is 38.1 Å². The monoisotopic (exact) mass is 303 g/mol. The third kappa shape index (κ3) is 3.73. The van der Waals surface area contributed by atoms with Crippen molar-refractivity contribution < 1.29 is 4.79 Å². The van der Waals surface area contributed by atoms with Crippen LogP contribution >= 0.6 is 11.6 Å². The molecule has 1 heterocycles. The molecule has 2 rings (SSSR count). The van der Waals surface area contributed by atoms with E-state index in [1.54, 1.807) is 18.3 Å². The van der Waals surface area contributed by atoms with Gasteiger partial charge in [0.2, 0.25) is 0 Å². The van der Waals surface area contributed by atoms with E-state index >= 15 is 0 Å². The summed E-state index contributed by atoms with van der Waals surface area (Å²) in [6.45, 7) is 4.09. The maximum Gasteiger partial charge on any atom is 0.272 e. The molecule has 3 N–H and O–H groups in total. The van der Waals surface area contributed by atoms with Gasteiger partial charge >= 0.3 is 0 Å². The lowest BCUT2D eigenvalue weighted by Gasteiger charge is -2.23. The third-order valence-corrected chi connectivity index (χ3v) is 3.49. The molecule has 2 aromatic rings. The Morgan fingerprint density at radius 1 is 1.24 bits per heavy atom. The van der Waals surface area contributed by atoms with Gasteiger partial charge in [-0.1, -0.05) is 37.6 Å². The summed E-state index contributed by atoms with van der Waals surface area (Å²) in [5.74, 6) is -0.0539. The van der Waals surface area contributed by atoms with Crippen LogP contribution in [-0.4, -0.2) is 10.9 Å². The number of aromatic nitrogens is 1. The van der Waals surface area contributed by atoms with Crippen LogP contribution in [0.25, 0.3) is 0 Å². The van der Waals surface area contributed by atoms with E-state index < -0.39 is 0 Å². The molecule has 0 aliphatic rings. The molecular weight excluding hydrogens is 286 g/mol. The lowest BCUT2D eigenvalue weighted by molar-refractivity contribution is 0.0921. The second kappa shape index (κ2) is 6.59. The maximum absolute atomic E-state index is 12.3. The maximum atomic E-state index is 12.3. The molecule has 0 radical (unpaired) electrons. The summed E-state index contributed by atoms with van der Waals surface area (Å²) in [6.07, 6.45) is 1.55. The topological polar surface area (TPSA) is 68.0 Å². The fraction of sp³-hybridized carbons (Fsp3) is 0.250. The highest BCUT2D eigenvalue weighted by atomic mass is 35.5. The van der Waals surface area contributed by atoms with E-state index in [9.17, 15) is 4.79 Å². The average molecular weight is 304 g/mol. The van der Waals surface area contributed by atoms with Crippen LogP contribution in [0.5, 0.6) is 0 Å². The minimum atomic E-state index is -0.276. The predicted octanol–water partition coefficient (Wildman–Crippen LogP) is 3.44. The molecule has 1 aromatic carbocycles. The summed E-state index contributed by atoms with van der Waals surface area (Å²) in [5.41, 5.74) is 7.40. The predicted molar refractivity (Wildman–Crippen MR) is 85.1 cm³/mol. The zero-order valence-electron chi connectivity index (χ0n) is 12.0. The van der Waals surface area contributed by atoms with E-state index in [0.717, 1.165) is 5.56 Å². The van der Waals surface area contributed by atoms with E-state index in [2.05, 4.69) is 10.3 Å². The molecular formula is C16H18ClN3O. The minimum Gasteiger partial charge on any atom is -0.397 e. The van der Waals surface area contributed by atoms with Crippen LogP contribution in [-0.2, 0) is 0 Å². The largest absolute Gasteiger partial charge is 0.397 e. The molecule has 1 amide bonds. The zero-order valence-corrected chi connectivity index (χ0v) is 12.8. The standard InChI is InChI=1S/C16H18ClN3O/c1-10(2)14(11-5-7-12(17)8-6-11)20-16(21)15-13(18)4-3-9-19-15/h3-10,14H,18H2,1-2H3,(H,20,21). The Hall–Kier alpha value is -2.07. The van der Waals surface area contributed by atoms with Crippen LogP contribution in [0.2, 0.25) is 5.02 Å². The van der Waals surface area contributed by atoms with Crippen LogP contribution < -0.4 is 11.1 Å². The van der Waals surface area contributed by atoms with Gasteiger partial charge in [0.25, 0.3) is 5.91 Å². The Morgan fingerprint density at radius 2 is 1.90 bits per heavy atom. The molecule has 4 nitrogen and oxygen atoms in total. The SMILES string of the molecule is CC(C)C(NC(=O)c1ncccc1N)c1ccc(Cl)cc1. The first-order chi connectivity index (χ1) is 9.99. The van der Waals surface area contributed by atoms with Crippen LogP contribution in [0.15, 0.2) is 42.6 Å². The van der Waals surface area contributed by atoms with Crippen molar-refractivity contribution in [2.75, 3.05) is 5.73 Å². The number of nitrogens with one attached hydrogen (secondary N) is 1. The van der Waals surface area contributed by atoms with Gasteiger partial charge in [-0.3, -0.25) is 4.79 Å². The summed E-state index contributed by atoms with van der Waals surface area (Å²) >= 11 is 5.90. The first-order valence-electron chi connectivity index (χ1n) is 6.76. The van der Waals surface area contributed by atoms with Crippen molar-refractivity contribution in [2.45, 2.75) is 19.9 Å². The number of hydrogen-bond acceptors (Lipinski definition) is 3. The number of carbonyl (C=O) groups is 1. The fourth-order valence-electron chi connectivity index (χ4n) is 2.12. The van der Waals surface area contributed by atoms with Gasteiger partial charge in [-0.25, -0.2) is 4.98 Å². The average Bonchev–Trinajstić information content (AvgIpc) is 2.46. The van der Waals surface area contributed by atoms with Gasteiger partial charge in [0, 0.05) is 11.2 Å². The van der Waals surface area contributed by atoms with Crippen molar-refractivity contribution in [3.63, 3.8) is 0 Å². The van der Waals surface area contributed by atoms with Crippen molar-refractivity contribution in [3.05, 3.63) is 58.9 Å². The molecule has 0 aliphatic heterocycles. The van der Waals surface area contributed by atoms with Gasteiger partial charge in [0.1, 0.15) is 0 Å². The van der Waals surface area contributed by atoms with E-state index in [-0.39, 0.29) is 23.6 Å². The Balaban J connectivity index is 2.23. The number of pyridine rings is 1. The third-order valence-electron chi connectivity index (χ3n) is 3.24. The quantitative estimate of drug-likeness (QED) is 0.909. The molecule has 0 saturated heterocycles. The van der Waals surface area contributed by atoms with Crippen molar-refractivity contribution in [1.29, 1.82) is 0 Å². The summed E-state index contributed by atoms with van der Waals surface area (Å²) in [5, 5.41) is 3.65. The van der Waals surface area contributed by atoms with Crippen LogP contribution in [0, 0.1) is 5.92 Å². The highest BCUT2D eigenvalue weighted by Crippen LogP contribution is 2.24. The van der Waals surface area contributed by atoms with Crippen LogP contribution in [0.4, 0.5) is 5.69 Å². The number of amides is 1. The first kappa shape index (κ1) is 15.3. The zero-order chi connectivity index (χ0) is 15.4. The second-order valence-electron chi connectivity index (χ2n) is 5.19. The van der Waals surface area contributed by atoms with E-state index in [0.29, 0.717) is 10.7 Å². The van der Waals surface area contributed by atoms with Gasteiger partial charge in [-0.05, 0) is 35.7 Å². The number of benzene rings is 1. The molecule has 1 unspecified atom stereocenters. The molecule has 110 valence electrons. The van der Waals surface area contributed by atoms with Gasteiger partial charge < -0.3 is 11.1 Å². The number of carbonyl (C=O) groups excluding carboxylic acids is 1. The number of halogens is 1. The Labute approximate surface area is 129 Å². The second-order valence-corrected chi connectivity index (χ2v) is 5.62. The van der Waals surface area contributed by atoms with E-state index in [1.165, 1.54) is 0 Å². The lowest BCUT2D eigenvalue weighted by atomic mass is 9.96. The minimum absolute atomic E-state index is 0.129. The van der Waals surface area contributed by atoms with E-state index in [4.69, 9.17) is 17.3 Å². The molecule has 1 atom stereocenters. The highest BCUT2D eigenvalue weighted by molar-refractivity contribution is 6.30. The lowest BCUT2D eigenvalue weighted by Crippen LogP contribution is -2.32. The van der Waals surface area contributed by atoms with Gasteiger partial charge in [-0.15, -0.1) is 0 Å². The summed E-state index contributed by atoms with van der Waals surface area (Å²) < 4.78 is 0. The number of hydrogen-bond donors (Lipinski definition) is 2. The molecule has 0 spiro atoms. The fourth-order valence-corrected chi connectivity index (χ4v) is 2.25. The van der Waals surface area contributed by atoms with Gasteiger partial charge in [0.05, 0.1) is 11.7 Å². The molecule has 5 heteroatoms. The molecule has 0 saturated carbocycles. The highest BCUT2D eigenvalue weighted by Gasteiger charge is 2.20. The number of nitrogen functional groups attached to an aromatic ring is 1. The van der Waals surface area contributed by atoms with Crippen molar-refractivity contribution in [1.82, 2.24) is 10.3 Å². The Morgan fingerprint density at radius 3 is 2.48 bits per heavy atom. The number of nitrogens with two attached hydrogens (primary N) is 1. The van der Waals surface area contributed by atoms with Crippen LogP contribution in [0.1, 0.15) is 35.9 Å². The number of rotatable bonds is 4. The molecule has 1 aromatic heterocycles. The number of anilines is 1. The Kier molecular flexibility index (Phi) is 4.81. The molecule has 0 aliphatic carbocycles. The van der Waals surface area contributed by atoms with Gasteiger partial charge in [-0.2, -0.15) is 0 Å². The first-order valence-corrected chi connectivity index (χ1v) is 7.13. The molecule has 0 bridgehead atoms. The van der Waals surface area contributed by atoms with Crippen molar-refractivity contribution in [2.24, 2.45) is 5.92 Å². The normalized spacial score (nSPS) is 12.2. The summed E-state index contributed by atoms with van der Waals surface area (Å²) in [7, 11) is 0. The summed E-state index contributed by atoms with van der Waals surface area (Å²) in [4.78, 5) is 16.4. The molecule has 21 heavy (non-hydrogen) atoms. The summed E-state index contributed by atoms with van der Waals surface area (Å²) in [6, 6.07) is 10.7. The molecule has 0 fully saturated rings. The van der Waals surface area contributed by atoms with Crippen LogP contribution in [0.3, 0.4) is 0 Å².